The minimum atomic E-state index is -3.81. The van der Waals surface area contributed by atoms with Crippen LogP contribution in [0, 0.1) is 0 Å². The highest BCUT2D eigenvalue weighted by molar-refractivity contribution is 9.10. The number of ether oxygens (including phenoxy) is 1. The molecule has 0 amide bonds. The van der Waals surface area contributed by atoms with Crippen molar-refractivity contribution in [2.24, 2.45) is 4.99 Å². The lowest BCUT2D eigenvalue weighted by atomic mass is 10.2. The molecule has 0 radical (unpaired) electrons. The molecule has 2 N–H and O–H groups in total. The summed E-state index contributed by atoms with van der Waals surface area (Å²) in [6.07, 6.45) is 1.50. The first kappa shape index (κ1) is 20.2. The molecule has 0 spiro atoms. The Morgan fingerprint density at radius 1 is 1.25 bits per heavy atom. The molecule has 0 fully saturated rings. The van der Waals surface area contributed by atoms with E-state index in [9.17, 15) is 13.5 Å². The SMILES string of the molecule is CCOc1nnc(NS(=O)(=O)c2ccc(/N=C/c3cc(Br)ccc3O)cc2)s1. The Morgan fingerprint density at radius 3 is 2.71 bits per heavy atom. The predicted molar refractivity (Wildman–Crippen MR) is 111 cm³/mol. The average Bonchev–Trinajstić information content (AvgIpc) is 3.09. The van der Waals surface area contributed by atoms with Crippen molar-refractivity contribution in [1.82, 2.24) is 10.2 Å². The van der Waals surface area contributed by atoms with Crippen molar-refractivity contribution in [1.29, 1.82) is 0 Å². The highest BCUT2D eigenvalue weighted by Crippen LogP contribution is 2.26. The molecule has 0 aliphatic carbocycles. The van der Waals surface area contributed by atoms with Gasteiger partial charge < -0.3 is 9.84 Å². The van der Waals surface area contributed by atoms with E-state index in [-0.39, 0.29) is 15.8 Å². The first-order valence-electron chi connectivity index (χ1n) is 7.99. The molecule has 1 aromatic heterocycles. The van der Waals surface area contributed by atoms with Gasteiger partial charge in [-0.1, -0.05) is 21.0 Å². The highest BCUT2D eigenvalue weighted by Gasteiger charge is 2.17. The summed E-state index contributed by atoms with van der Waals surface area (Å²) in [5.74, 6) is 0.0961. The van der Waals surface area contributed by atoms with Gasteiger partial charge in [-0.3, -0.25) is 9.71 Å². The number of benzene rings is 2. The fourth-order valence-electron chi connectivity index (χ4n) is 2.09. The Labute approximate surface area is 174 Å². The van der Waals surface area contributed by atoms with Crippen molar-refractivity contribution < 1.29 is 18.3 Å². The van der Waals surface area contributed by atoms with E-state index in [0.717, 1.165) is 15.8 Å². The zero-order chi connectivity index (χ0) is 20.1. The molecule has 3 rings (SSSR count). The van der Waals surface area contributed by atoms with E-state index >= 15 is 0 Å². The van der Waals surface area contributed by atoms with Crippen LogP contribution in [0.3, 0.4) is 0 Å². The highest BCUT2D eigenvalue weighted by atomic mass is 79.9. The second kappa shape index (κ2) is 8.67. The summed E-state index contributed by atoms with van der Waals surface area (Å²) >= 11 is 4.33. The Balaban J connectivity index is 1.73. The summed E-state index contributed by atoms with van der Waals surface area (Å²) in [4.78, 5) is 4.31. The van der Waals surface area contributed by atoms with Crippen LogP contribution < -0.4 is 9.46 Å². The molecule has 0 unspecified atom stereocenters. The number of anilines is 1. The predicted octanol–water partition coefficient (Wildman–Crippen LogP) is 3.96. The minimum absolute atomic E-state index is 0.0601. The van der Waals surface area contributed by atoms with Gasteiger partial charge in [0.25, 0.3) is 15.2 Å². The topological polar surface area (TPSA) is 114 Å². The molecule has 0 aliphatic rings. The Morgan fingerprint density at radius 2 is 2.00 bits per heavy atom. The van der Waals surface area contributed by atoms with Gasteiger partial charge in [-0.15, -0.1) is 5.10 Å². The fourth-order valence-corrected chi connectivity index (χ4v) is 4.35. The van der Waals surface area contributed by atoms with Gasteiger partial charge in [0.05, 0.1) is 17.2 Å². The molecule has 8 nitrogen and oxygen atoms in total. The zero-order valence-electron chi connectivity index (χ0n) is 14.5. The lowest BCUT2D eigenvalue weighted by molar-refractivity contribution is 0.335. The quantitative estimate of drug-likeness (QED) is 0.492. The van der Waals surface area contributed by atoms with Crippen molar-refractivity contribution in [3.8, 4) is 10.9 Å². The van der Waals surface area contributed by atoms with Crippen molar-refractivity contribution in [3.63, 3.8) is 0 Å². The number of aliphatic imine (C=N–C) groups is 1. The summed E-state index contributed by atoms with van der Waals surface area (Å²) in [5, 5.41) is 17.7. The molecular weight excluding hydrogens is 468 g/mol. The minimum Gasteiger partial charge on any atom is -0.507 e. The van der Waals surface area contributed by atoms with Crippen molar-refractivity contribution in [2.45, 2.75) is 11.8 Å². The molecule has 0 saturated carbocycles. The van der Waals surface area contributed by atoms with E-state index < -0.39 is 10.0 Å². The van der Waals surface area contributed by atoms with Crippen molar-refractivity contribution in [3.05, 3.63) is 52.5 Å². The number of hydrogen-bond acceptors (Lipinski definition) is 8. The van der Waals surface area contributed by atoms with E-state index in [2.05, 4.69) is 35.8 Å². The summed E-state index contributed by atoms with van der Waals surface area (Å²) in [5.41, 5.74) is 1.07. The van der Waals surface area contributed by atoms with Gasteiger partial charge in [0.2, 0.25) is 5.13 Å². The molecule has 146 valence electrons. The largest absolute Gasteiger partial charge is 0.507 e. The van der Waals surface area contributed by atoms with E-state index in [4.69, 9.17) is 4.74 Å². The number of nitrogens with one attached hydrogen (secondary N) is 1. The molecular formula is C17H15BrN4O4S2. The smallest absolute Gasteiger partial charge is 0.295 e. The Hall–Kier alpha value is -2.50. The van der Waals surface area contributed by atoms with Gasteiger partial charge in [-0.2, -0.15) is 0 Å². The summed E-state index contributed by atoms with van der Waals surface area (Å²) in [6.45, 7) is 2.22. The number of rotatable bonds is 7. The molecule has 3 aromatic rings. The zero-order valence-corrected chi connectivity index (χ0v) is 17.8. The monoisotopic (exact) mass is 482 g/mol. The maximum absolute atomic E-state index is 12.5. The number of aromatic hydroxyl groups is 1. The number of sulfonamides is 1. The van der Waals surface area contributed by atoms with E-state index in [0.29, 0.717) is 23.1 Å². The van der Waals surface area contributed by atoms with Crippen LogP contribution in [-0.4, -0.2) is 36.5 Å². The Kier molecular flexibility index (Phi) is 6.27. The van der Waals surface area contributed by atoms with Crippen molar-refractivity contribution in [2.75, 3.05) is 11.3 Å². The maximum atomic E-state index is 12.5. The fraction of sp³-hybridized carbons (Fsp3) is 0.118. The van der Waals surface area contributed by atoms with Gasteiger partial charge >= 0.3 is 0 Å². The molecule has 0 saturated heterocycles. The molecule has 28 heavy (non-hydrogen) atoms. The van der Waals surface area contributed by atoms with Crippen LogP contribution in [0.5, 0.6) is 10.9 Å². The summed E-state index contributed by atoms with van der Waals surface area (Å²) in [7, 11) is -3.81. The number of hydrogen-bond donors (Lipinski definition) is 2. The third-order valence-corrected chi connectivity index (χ3v) is 6.11. The van der Waals surface area contributed by atoms with Crippen LogP contribution in [0.2, 0.25) is 0 Å². The van der Waals surface area contributed by atoms with Gasteiger partial charge in [0, 0.05) is 16.3 Å². The van der Waals surface area contributed by atoms with Crippen LogP contribution in [0.1, 0.15) is 12.5 Å². The number of phenolic OH excluding ortho intramolecular Hbond substituents is 1. The van der Waals surface area contributed by atoms with Crippen LogP contribution in [0.4, 0.5) is 10.8 Å². The molecule has 0 bridgehead atoms. The standard InChI is InChI=1S/C17H15BrN4O4S2/c1-2-26-17-21-20-16(27-17)22-28(24,25)14-6-4-13(5-7-14)19-10-11-9-12(18)3-8-15(11)23/h3-10,23H,2H2,1H3,(H,20,22)/b19-10+. The Bertz CT molecular complexity index is 1100. The van der Waals surface area contributed by atoms with Gasteiger partial charge in [-0.05, 0) is 60.7 Å². The third-order valence-electron chi connectivity index (χ3n) is 3.39. The second-order valence-electron chi connectivity index (χ2n) is 5.37. The average molecular weight is 483 g/mol. The van der Waals surface area contributed by atoms with E-state index in [1.807, 2.05) is 0 Å². The maximum Gasteiger partial charge on any atom is 0.295 e. The van der Waals surface area contributed by atoms with Crippen LogP contribution in [0.15, 0.2) is 56.8 Å². The normalized spacial score (nSPS) is 11.6. The second-order valence-corrected chi connectivity index (χ2v) is 8.91. The lowest BCUT2D eigenvalue weighted by Crippen LogP contribution is -2.12. The summed E-state index contributed by atoms with van der Waals surface area (Å²) in [6, 6.07) is 11.0. The van der Waals surface area contributed by atoms with Crippen LogP contribution in [0.25, 0.3) is 0 Å². The van der Waals surface area contributed by atoms with Crippen LogP contribution in [-0.2, 0) is 10.0 Å². The molecule has 1 heterocycles. The molecule has 0 atom stereocenters. The van der Waals surface area contributed by atoms with Crippen molar-refractivity contribution >= 4 is 54.3 Å². The number of aromatic nitrogens is 2. The van der Waals surface area contributed by atoms with Gasteiger partial charge in [0.15, 0.2) is 0 Å². The van der Waals surface area contributed by atoms with Gasteiger partial charge in [0.1, 0.15) is 5.75 Å². The number of nitrogens with zero attached hydrogens (tertiary/aromatic N) is 3. The number of phenols is 1. The van der Waals surface area contributed by atoms with Crippen LogP contribution >= 0.6 is 27.3 Å². The first-order valence-corrected chi connectivity index (χ1v) is 11.1. The van der Waals surface area contributed by atoms with Gasteiger partial charge in [-0.25, -0.2) is 8.42 Å². The van der Waals surface area contributed by atoms with E-state index in [1.165, 1.54) is 18.3 Å². The first-order chi connectivity index (χ1) is 13.4. The summed E-state index contributed by atoms with van der Waals surface area (Å²) < 4.78 is 33.3. The molecule has 0 aliphatic heterocycles. The number of halogens is 1. The molecule has 2 aromatic carbocycles. The van der Waals surface area contributed by atoms with E-state index in [1.54, 1.807) is 37.3 Å². The third kappa shape index (κ3) is 5.06. The lowest BCUT2D eigenvalue weighted by Gasteiger charge is -2.05. The molecule has 11 heteroatoms.